The Morgan fingerprint density at radius 2 is 1.68 bits per heavy atom. The molecule has 5 nitrogen and oxygen atoms in total. The van der Waals surface area contributed by atoms with E-state index in [1.54, 1.807) is 12.1 Å². The molecule has 0 radical (unpaired) electrons. The van der Waals surface area contributed by atoms with Crippen LogP contribution in [0.4, 0.5) is 10.1 Å². The second-order valence-corrected chi connectivity index (χ2v) is 7.77. The van der Waals surface area contributed by atoms with Crippen molar-refractivity contribution in [2.75, 3.05) is 12.3 Å². The number of nitrogen functional groups attached to an aromatic ring is 1. The summed E-state index contributed by atoms with van der Waals surface area (Å²) in [4.78, 5) is 16.5. The topological polar surface area (TPSA) is 67.9 Å². The fraction of sp³-hybridized carbons (Fsp3) is 0.160. The van der Waals surface area contributed by atoms with Crippen LogP contribution in [0.25, 0.3) is 22.6 Å². The van der Waals surface area contributed by atoms with Crippen molar-refractivity contribution in [2.45, 2.75) is 19.5 Å². The molecule has 1 aliphatic heterocycles. The Labute approximate surface area is 180 Å². The fourth-order valence-corrected chi connectivity index (χ4v) is 3.86. The van der Waals surface area contributed by atoms with Crippen molar-refractivity contribution >= 4 is 5.69 Å². The number of nitrogens with zero attached hydrogens (tertiary/aromatic N) is 4. The van der Waals surface area contributed by atoms with Gasteiger partial charge in [0.1, 0.15) is 5.82 Å². The summed E-state index contributed by atoms with van der Waals surface area (Å²) in [6.45, 7) is 2.45. The summed E-state index contributed by atoms with van der Waals surface area (Å²) >= 11 is 0. The first-order valence-electron chi connectivity index (χ1n) is 10.3. The van der Waals surface area contributed by atoms with Crippen LogP contribution in [0.15, 0.2) is 72.9 Å². The molecule has 2 aromatic carbocycles. The number of benzene rings is 2. The van der Waals surface area contributed by atoms with Gasteiger partial charge in [-0.3, -0.25) is 9.88 Å². The van der Waals surface area contributed by atoms with Gasteiger partial charge in [0, 0.05) is 54.6 Å². The van der Waals surface area contributed by atoms with Gasteiger partial charge < -0.3 is 5.73 Å². The van der Waals surface area contributed by atoms with Crippen molar-refractivity contribution in [3.63, 3.8) is 0 Å². The van der Waals surface area contributed by atoms with Gasteiger partial charge in [-0.25, -0.2) is 14.4 Å². The van der Waals surface area contributed by atoms with E-state index in [4.69, 9.17) is 15.7 Å². The Morgan fingerprint density at radius 1 is 0.903 bits per heavy atom. The molecule has 0 atom stereocenters. The summed E-state index contributed by atoms with van der Waals surface area (Å²) in [5.41, 5.74) is 12.5. The lowest BCUT2D eigenvalue weighted by atomic mass is 10.1. The Kier molecular flexibility index (Phi) is 5.14. The average molecular weight is 411 g/mol. The van der Waals surface area contributed by atoms with Crippen LogP contribution in [0.3, 0.4) is 0 Å². The van der Waals surface area contributed by atoms with Crippen molar-refractivity contribution in [1.82, 2.24) is 19.9 Å². The molecule has 0 saturated heterocycles. The molecular weight excluding hydrogens is 389 g/mol. The molecule has 1 aliphatic rings. The number of hydrogen-bond donors (Lipinski definition) is 1. The highest BCUT2D eigenvalue weighted by Gasteiger charge is 2.19. The van der Waals surface area contributed by atoms with E-state index in [-0.39, 0.29) is 5.82 Å². The minimum atomic E-state index is -0.242. The first kappa shape index (κ1) is 19.3. The molecule has 2 aromatic heterocycles. The highest BCUT2D eigenvalue weighted by molar-refractivity contribution is 5.59. The van der Waals surface area contributed by atoms with E-state index in [1.165, 1.54) is 12.1 Å². The predicted octanol–water partition coefficient (Wildman–Crippen LogP) is 4.49. The van der Waals surface area contributed by atoms with Crippen molar-refractivity contribution in [1.29, 1.82) is 0 Å². The number of fused-ring (bicyclic) bond motifs is 1. The number of nitrogens with two attached hydrogens (primary N) is 1. The summed E-state index contributed by atoms with van der Waals surface area (Å²) in [6.07, 6.45) is 2.81. The second-order valence-electron chi connectivity index (χ2n) is 7.77. The molecule has 0 spiro atoms. The lowest BCUT2D eigenvalue weighted by molar-refractivity contribution is 0.240. The van der Waals surface area contributed by atoms with Crippen LogP contribution in [-0.2, 0) is 19.5 Å². The number of anilines is 1. The minimum Gasteiger partial charge on any atom is -0.399 e. The number of hydrogen-bond acceptors (Lipinski definition) is 5. The van der Waals surface area contributed by atoms with Gasteiger partial charge in [0.15, 0.2) is 5.82 Å². The smallest absolute Gasteiger partial charge is 0.159 e. The minimum absolute atomic E-state index is 0.242. The molecule has 0 bridgehead atoms. The largest absolute Gasteiger partial charge is 0.399 e. The summed E-state index contributed by atoms with van der Waals surface area (Å²) in [5.74, 6) is 0.495. The van der Waals surface area contributed by atoms with Gasteiger partial charge in [-0.15, -0.1) is 0 Å². The molecule has 0 aliphatic carbocycles. The number of halogens is 1. The third kappa shape index (κ3) is 4.29. The van der Waals surface area contributed by atoms with Crippen LogP contribution < -0.4 is 5.73 Å². The quantitative estimate of drug-likeness (QED) is 0.501. The monoisotopic (exact) mass is 411 g/mol. The summed E-state index contributed by atoms with van der Waals surface area (Å²) < 4.78 is 13.2. The second kappa shape index (κ2) is 8.24. The summed E-state index contributed by atoms with van der Waals surface area (Å²) in [5, 5.41) is 0. The molecule has 0 unspecified atom stereocenters. The molecule has 154 valence electrons. The zero-order valence-corrected chi connectivity index (χ0v) is 17.0. The highest BCUT2D eigenvalue weighted by Crippen LogP contribution is 2.23. The van der Waals surface area contributed by atoms with E-state index in [0.29, 0.717) is 0 Å². The van der Waals surface area contributed by atoms with Crippen LogP contribution >= 0.6 is 0 Å². The molecule has 6 heteroatoms. The lowest BCUT2D eigenvalue weighted by Crippen LogP contribution is -2.31. The van der Waals surface area contributed by atoms with Crippen molar-refractivity contribution in [3.05, 3.63) is 95.7 Å². The third-order valence-electron chi connectivity index (χ3n) is 5.51. The maximum Gasteiger partial charge on any atom is 0.159 e. The molecule has 2 N–H and O–H groups in total. The highest BCUT2D eigenvalue weighted by atomic mass is 19.1. The summed E-state index contributed by atoms with van der Waals surface area (Å²) in [6, 6.07) is 20.1. The van der Waals surface area contributed by atoms with Gasteiger partial charge in [-0.1, -0.05) is 6.07 Å². The number of rotatable bonds is 4. The molecule has 5 rings (SSSR count). The van der Waals surface area contributed by atoms with Crippen LogP contribution in [0.1, 0.15) is 17.0 Å². The maximum atomic E-state index is 13.2. The number of pyridine rings is 1. The van der Waals surface area contributed by atoms with E-state index in [1.807, 2.05) is 48.7 Å². The SMILES string of the molecule is Nc1ccc(-c2ncc3c(n2)CCN(Cc2cccc(-c4ccc(F)cc4)n2)C3)cc1. The number of aromatic nitrogens is 3. The molecule has 31 heavy (non-hydrogen) atoms. The molecule has 0 amide bonds. The van der Waals surface area contributed by atoms with Crippen LogP contribution in [-0.4, -0.2) is 26.4 Å². The average Bonchev–Trinajstić information content (AvgIpc) is 2.80. The normalized spacial score (nSPS) is 13.7. The molecule has 0 saturated carbocycles. The molecule has 3 heterocycles. The Hall–Kier alpha value is -3.64. The molecule has 4 aromatic rings. The van der Waals surface area contributed by atoms with Gasteiger partial charge >= 0.3 is 0 Å². The van der Waals surface area contributed by atoms with Gasteiger partial charge in [0.25, 0.3) is 0 Å². The first-order valence-corrected chi connectivity index (χ1v) is 10.3. The van der Waals surface area contributed by atoms with Gasteiger partial charge in [-0.2, -0.15) is 0 Å². The van der Waals surface area contributed by atoms with E-state index in [9.17, 15) is 4.39 Å². The van der Waals surface area contributed by atoms with E-state index in [0.717, 1.165) is 71.3 Å². The fourth-order valence-electron chi connectivity index (χ4n) is 3.86. The van der Waals surface area contributed by atoms with Gasteiger partial charge in [-0.05, 0) is 60.7 Å². The van der Waals surface area contributed by atoms with E-state index in [2.05, 4.69) is 9.88 Å². The van der Waals surface area contributed by atoms with Gasteiger partial charge in [0.2, 0.25) is 0 Å². The van der Waals surface area contributed by atoms with Crippen LogP contribution in [0.2, 0.25) is 0 Å². The molecular formula is C25H22FN5. The Balaban J connectivity index is 1.30. The summed E-state index contributed by atoms with van der Waals surface area (Å²) in [7, 11) is 0. The maximum absolute atomic E-state index is 13.2. The zero-order valence-electron chi connectivity index (χ0n) is 17.0. The molecule has 0 fully saturated rings. The lowest BCUT2D eigenvalue weighted by Gasteiger charge is -2.27. The Bertz CT molecular complexity index is 1210. The third-order valence-corrected chi connectivity index (χ3v) is 5.51. The van der Waals surface area contributed by atoms with Crippen molar-refractivity contribution in [3.8, 4) is 22.6 Å². The van der Waals surface area contributed by atoms with Crippen LogP contribution in [0, 0.1) is 5.82 Å². The van der Waals surface area contributed by atoms with E-state index < -0.39 is 0 Å². The van der Waals surface area contributed by atoms with E-state index >= 15 is 0 Å². The van der Waals surface area contributed by atoms with Gasteiger partial charge in [0.05, 0.1) is 17.1 Å². The predicted molar refractivity (Wildman–Crippen MR) is 119 cm³/mol. The zero-order chi connectivity index (χ0) is 21.2. The van der Waals surface area contributed by atoms with Crippen LogP contribution in [0.5, 0.6) is 0 Å². The van der Waals surface area contributed by atoms with Crippen molar-refractivity contribution < 1.29 is 4.39 Å². The van der Waals surface area contributed by atoms with Crippen molar-refractivity contribution in [2.24, 2.45) is 0 Å². The Morgan fingerprint density at radius 3 is 2.48 bits per heavy atom. The first-order chi connectivity index (χ1) is 15.1. The standard InChI is InChI=1S/C25H22FN5/c26-20-8-4-17(5-9-20)23-3-1-2-22(29-23)16-31-13-12-24-19(15-31)14-28-25(30-24)18-6-10-21(27)11-7-18/h1-11,14H,12-13,15-16,27H2.